The fourth-order valence-corrected chi connectivity index (χ4v) is 2.92. The summed E-state index contributed by atoms with van der Waals surface area (Å²) in [5, 5.41) is 3.50. The number of benzene rings is 1. The van der Waals surface area contributed by atoms with Gasteiger partial charge in [0.1, 0.15) is 0 Å². The largest absolute Gasteiger partial charge is 0.381 e. The Bertz CT molecular complexity index is 358. The van der Waals surface area contributed by atoms with Crippen molar-refractivity contribution in [1.82, 2.24) is 5.32 Å². The van der Waals surface area contributed by atoms with Crippen LogP contribution in [0.5, 0.6) is 0 Å². The fourth-order valence-electron chi connectivity index (χ4n) is 2.92. The molecule has 0 bridgehead atoms. The highest BCUT2D eigenvalue weighted by Gasteiger charge is 2.22. The van der Waals surface area contributed by atoms with Crippen molar-refractivity contribution in [2.24, 2.45) is 5.92 Å². The van der Waals surface area contributed by atoms with E-state index < -0.39 is 0 Å². The van der Waals surface area contributed by atoms with Gasteiger partial charge in [0.15, 0.2) is 0 Å². The number of nitrogens with one attached hydrogen (secondary N) is 1. The van der Waals surface area contributed by atoms with Gasteiger partial charge in [0.25, 0.3) is 0 Å². The molecule has 1 aliphatic rings. The van der Waals surface area contributed by atoms with Gasteiger partial charge >= 0.3 is 0 Å². The Kier molecular flexibility index (Phi) is 5.21. The van der Waals surface area contributed by atoms with Crippen molar-refractivity contribution < 1.29 is 4.74 Å². The summed E-state index contributed by atoms with van der Waals surface area (Å²) >= 11 is 0. The van der Waals surface area contributed by atoms with E-state index in [-0.39, 0.29) is 0 Å². The highest BCUT2D eigenvalue weighted by Crippen LogP contribution is 2.22. The van der Waals surface area contributed by atoms with Crippen molar-refractivity contribution in [3.8, 4) is 0 Å². The molecule has 1 N–H and O–H groups in total. The minimum Gasteiger partial charge on any atom is -0.381 e. The number of aryl methyl sites for hydroxylation is 2. The third-order valence-electron chi connectivity index (χ3n) is 4.03. The SMILES string of the molecule is CNC(CCc1cccc(C)c1)C1CCOCC1. The zero-order chi connectivity index (χ0) is 12.8. The van der Waals surface area contributed by atoms with Crippen molar-refractivity contribution in [3.05, 3.63) is 35.4 Å². The molecule has 0 radical (unpaired) electrons. The van der Waals surface area contributed by atoms with E-state index in [1.54, 1.807) is 0 Å². The summed E-state index contributed by atoms with van der Waals surface area (Å²) in [5.41, 5.74) is 2.82. The van der Waals surface area contributed by atoms with Crippen LogP contribution in [0.15, 0.2) is 24.3 Å². The molecule has 0 aliphatic carbocycles. The molecule has 1 unspecified atom stereocenters. The minimum absolute atomic E-state index is 0.634. The van der Waals surface area contributed by atoms with Crippen LogP contribution in [-0.4, -0.2) is 26.3 Å². The van der Waals surface area contributed by atoms with Gasteiger partial charge in [0.05, 0.1) is 0 Å². The van der Waals surface area contributed by atoms with Gasteiger partial charge in [0, 0.05) is 19.3 Å². The zero-order valence-electron chi connectivity index (χ0n) is 11.6. The van der Waals surface area contributed by atoms with Crippen molar-refractivity contribution in [2.45, 2.75) is 38.6 Å². The van der Waals surface area contributed by atoms with E-state index in [9.17, 15) is 0 Å². The number of ether oxygens (including phenoxy) is 1. The van der Waals surface area contributed by atoms with E-state index in [1.807, 2.05) is 0 Å². The van der Waals surface area contributed by atoms with Crippen LogP contribution in [0.3, 0.4) is 0 Å². The van der Waals surface area contributed by atoms with Crippen molar-refractivity contribution >= 4 is 0 Å². The Labute approximate surface area is 111 Å². The first-order valence-electron chi connectivity index (χ1n) is 7.10. The van der Waals surface area contributed by atoms with E-state index in [0.717, 1.165) is 19.1 Å². The predicted molar refractivity (Wildman–Crippen MR) is 75.9 cm³/mol. The van der Waals surface area contributed by atoms with Gasteiger partial charge in [0.2, 0.25) is 0 Å². The molecule has 1 aliphatic heterocycles. The lowest BCUT2D eigenvalue weighted by molar-refractivity contribution is 0.0537. The molecule has 2 nitrogen and oxygen atoms in total. The fraction of sp³-hybridized carbons (Fsp3) is 0.625. The van der Waals surface area contributed by atoms with Gasteiger partial charge in [-0.1, -0.05) is 29.8 Å². The molecule has 2 rings (SSSR count). The summed E-state index contributed by atoms with van der Waals surface area (Å²) in [4.78, 5) is 0. The van der Waals surface area contributed by atoms with Gasteiger partial charge in [-0.25, -0.2) is 0 Å². The molecule has 18 heavy (non-hydrogen) atoms. The van der Waals surface area contributed by atoms with Gasteiger partial charge in [-0.3, -0.25) is 0 Å². The lowest BCUT2D eigenvalue weighted by Crippen LogP contribution is -2.37. The molecule has 100 valence electrons. The van der Waals surface area contributed by atoms with Crippen LogP contribution >= 0.6 is 0 Å². The Morgan fingerprint density at radius 3 is 2.78 bits per heavy atom. The summed E-state index contributed by atoms with van der Waals surface area (Å²) in [6.45, 7) is 4.04. The molecule has 1 fully saturated rings. The van der Waals surface area contributed by atoms with E-state index in [4.69, 9.17) is 4.74 Å². The summed E-state index contributed by atoms with van der Waals surface area (Å²) in [6, 6.07) is 9.50. The van der Waals surface area contributed by atoms with Crippen molar-refractivity contribution in [1.29, 1.82) is 0 Å². The van der Waals surface area contributed by atoms with E-state index in [0.29, 0.717) is 6.04 Å². The molecule has 0 aromatic heterocycles. The molecule has 1 aromatic carbocycles. The van der Waals surface area contributed by atoms with Gasteiger partial charge < -0.3 is 10.1 Å². The summed E-state index contributed by atoms with van der Waals surface area (Å²) < 4.78 is 5.45. The lowest BCUT2D eigenvalue weighted by Gasteiger charge is -2.30. The molecule has 1 atom stereocenters. The first-order chi connectivity index (χ1) is 8.79. The maximum atomic E-state index is 5.45. The summed E-state index contributed by atoms with van der Waals surface area (Å²) in [7, 11) is 2.09. The molecular formula is C16H25NO. The van der Waals surface area contributed by atoms with Crippen LogP contribution in [0.4, 0.5) is 0 Å². The van der Waals surface area contributed by atoms with E-state index in [1.165, 1.54) is 36.8 Å². The van der Waals surface area contributed by atoms with Crippen LogP contribution < -0.4 is 5.32 Å². The maximum Gasteiger partial charge on any atom is 0.0469 e. The predicted octanol–water partition coefficient (Wildman–Crippen LogP) is 2.94. The monoisotopic (exact) mass is 247 g/mol. The highest BCUT2D eigenvalue weighted by molar-refractivity contribution is 5.22. The van der Waals surface area contributed by atoms with E-state index >= 15 is 0 Å². The molecule has 1 saturated heterocycles. The number of hydrogen-bond donors (Lipinski definition) is 1. The minimum atomic E-state index is 0.634. The normalized spacial score (nSPS) is 18.8. The average molecular weight is 247 g/mol. The van der Waals surface area contributed by atoms with Gasteiger partial charge in [-0.2, -0.15) is 0 Å². The van der Waals surface area contributed by atoms with E-state index in [2.05, 4.69) is 43.6 Å². The molecular weight excluding hydrogens is 222 g/mol. The molecule has 0 saturated carbocycles. The number of hydrogen-bond acceptors (Lipinski definition) is 2. The van der Waals surface area contributed by atoms with Crippen LogP contribution in [0.25, 0.3) is 0 Å². The second-order valence-corrected chi connectivity index (χ2v) is 5.37. The Morgan fingerprint density at radius 1 is 1.33 bits per heavy atom. The Balaban J connectivity index is 1.86. The third kappa shape index (κ3) is 3.82. The molecule has 0 spiro atoms. The summed E-state index contributed by atoms with van der Waals surface area (Å²) in [6.07, 6.45) is 4.81. The molecule has 1 aromatic rings. The molecule has 1 heterocycles. The Morgan fingerprint density at radius 2 is 2.11 bits per heavy atom. The lowest BCUT2D eigenvalue weighted by atomic mass is 9.88. The smallest absolute Gasteiger partial charge is 0.0469 e. The third-order valence-corrected chi connectivity index (χ3v) is 4.03. The van der Waals surface area contributed by atoms with Crippen LogP contribution in [0, 0.1) is 12.8 Å². The van der Waals surface area contributed by atoms with Crippen molar-refractivity contribution in [3.63, 3.8) is 0 Å². The van der Waals surface area contributed by atoms with Crippen LogP contribution in [0.1, 0.15) is 30.4 Å². The van der Waals surface area contributed by atoms with Crippen LogP contribution in [0.2, 0.25) is 0 Å². The van der Waals surface area contributed by atoms with Crippen molar-refractivity contribution in [2.75, 3.05) is 20.3 Å². The highest BCUT2D eigenvalue weighted by atomic mass is 16.5. The second kappa shape index (κ2) is 6.91. The Hall–Kier alpha value is -0.860. The van der Waals surface area contributed by atoms with Gasteiger partial charge in [-0.05, 0) is 51.1 Å². The molecule has 0 amide bonds. The zero-order valence-corrected chi connectivity index (χ0v) is 11.6. The molecule has 2 heteroatoms. The number of rotatable bonds is 5. The van der Waals surface area contributed by atoms with Gasteiger partial charge in [-0.15, -0.1) is 0 Å². The average Bonchev–Trinajstić information content (AvgIpc) is 2.41. The standard InChI is InChI=1S/C16H25NO/c1-13-4-3-5-14(12-13)6-7-16(17-2)15-8-10-18-11-9-15/h3-5,12,15-17H,6-11H2,1-2H3. The van der Waals surface area contributed by atoms with Crippen LogP contribution in [-0.2, 0) is 11.2 Å². The topological polar surface area (TPSA) is 21.3 Å². The first kappa shape index (κ1) is 13.6. The first-order valence-corrected chi connectivity index (χ1v) is 7.10. The summed E-state index contributed by atoms with van der Waals surface area (Å²) in [5.74, 6) is 0.786. The second-order valence-electron chi connectivity index (χ2n) is 5.37. The maximum absolute atomic E-state index is 5.45. The quantitative estimate of drug-likeness (QED) is 0.864.